The smallest absolute Gasteiger partial charge is 0.0740 e. The van der Waals surface area contributed by atoms with Crippen LogP contribution < -0.4 is 5.73 Å². The van der Waals surface area contributed by atoms with Crippen LogP contribution in [0.25, 0.3) is 0 Å². The highest BCUT2D eigenvalue weighted by Crippen LogP contribution is 2.13. The van der Waals surface area contributed by atoms with Crippen molar-refractivity contribution in [3.8, 4) is 0 Å². The maximum atomic E-state index is 5.50. The van der Waals surface area contributed by atoms with Gasteiger partial charge in [0.2, 0.25) is 0 Å². The van der Waals surface area contributed by atoms with Gasteiger partial charge in [-0.2, -0.15) is 0 Å². The predicted octanol–water partition coefficient (Wildman–Crippen LogP) is 0.687. The van der Waals surface area contributed by atoms with Gasteiger partial charge in [0.1, 0.15) is 0 Å². The van der Waals surface area contributed by atoms with Crippen LogP contribution in [0.3, 0.4) is 0 Å². The zero-order chi connectivity index (χ0) is 10.7. The zero-order valence-electron chi connectivity index (χ0n) is 9.36. The molecular weight excluding hydrogens is 194 g/mol. The molecule has 0 spiro atoms. The van der Waals surface area contributed by atoms with Crippen molar-refractivity contribution in [2.24, 2.45) is 5.73 Å². The highest BCUT2D eigenvalue weighted by molar-refractivity contribution is 7.80. The molecule has 2 N–H and O–H groups in total. The van der Waals surface area contributed by atoms with Gasteiger partial charge in [-0.3, -0.25) is 9.80 Å². The first-order valence-electron chi connectivity index (χ1n) is 5.23. The lowest BCUT2D eigenvalue weighted by Gasteiger charge is -2.42. The van der Waals surface area contributed by atoms with E-state index in [1.54, 1.807) is 0 Å². The van der Waals surface area contributed by atoms with Crippen LogP contribution in [0.4, 0.5) is 0 Å². The Labute approximate surface area is 92.2 Å². The number of nitrogens with zero attached hydrogens (tertiary/aromatic N) is 2. The van der Waals surface area contributed by atoms with E-state index in [2.05, 4.69) is 30.7 Å². The molecular formula is C10H21N3S. The predicted molar refractivity (Wildman–Crippen MR) is 64.5 cm³/mol. The van der Waals surface area contributed by atoms with Crippen LogP contribution in [0.2, 0.25) is 0 Å². The van der Waals surface area contributed by atoms with Crippen molar-refractivity contribution in [3.63, 3.8) is 0 Å². The monoisotopic (exact) mass is 215 g/mol. The van der Waals surface area contributed by atoms with Crippen LogP contribution in [-0.2, 0) is 0 Å². The molecule has 0 aromatic rings. The van der Waals surface area contributed by atoms with Crippen molar-refractivity contribution >= 4 is 17.2 Å². The molecule has 1 rings (SSSR count). The first-order valence-corrected chi connectivity index (χ1v) is 5.64. The van der Waals surface area contributed by atoms with E-state index in [0.717, 1.165) is 26.1 Å². The van der Waals surface area contributed by atoms with Gasteiger partial charge in [0.15, 0.2) is 0 Å². The van der Waals surface area contributed by atoms with E-state index in [0.29, 0.717) is 17.1 Å². The summed E-state index contributed by atoms with van der Waals surface area (Å²) in [6.45, 7) is 7.80. The number of hydrogen-bond acceptors (Lipinski definition) is 3. The van der Waals surface area contributed by atoms with Crippen LogP contribution in [-0.4, -0.2) is 53.6 Å². The summed E-state index contributed by atoms with van der Waals surface area (Å²) in [6, 6.07) is 1.26. The second kappa shape index (κ2) is 5.05. The molecule has 1 saturated heterocycles. The van der Waals surface area contributed by atoms with Crippen molar-refractivity contribution in [3.05, 3.63) is 0 Å². The molecule has 1 aliphatic heterocycles. The number of piperazine rings is 1. The van der Waals surface area contributed by atoms with E-state index < -0.39 is 0 Å². The van der Waals surface area contributed by atoms with Crippen LogP contribution in [0.1, 0.15) is 20.3 Å². The lowest BCUT2D eigenvalue weighted by molar-refractivity contribution is 0.0619. The molecule has 82 valence electrons. The summed E-state index contributed by atoms with van der Waals surface area (Å²) in [6.07, 6.45) is 0.846. The molecule has 0 aromatic carbocycles. The molecule has 0 amide bonds. The Bertz CT molecular complexity index is 196. The Morgan fingerprint density at radius 2 is 1.86 bits per heavy atom. The molecule has 0 saturated carbocycles. The Morgan fingerprint density at radius 1 is 1.36 bits per heavy atom. The van der Waals surface area contributed by atoms with E-state index in [9.17, 15) is 0 Å². The van der Waals surface area contributed by atoms with Gasteiger partial charge >= 0.3 is 0 Å². The molecule has 0 aliphatic carbocycles. The van der Waals surface area contributed by atoms with Gasteiger partial charge < -0.3 is 5.73 Å². The summed E-state index contributed by atoms with van der Waals surface area (Å²) < 4.78 is 0. The van der Waals surface area contributed by atoms with Gasteiger partial charge in [-0.15, -0.1) is 0 Å². The normalized spacial score (nSPS) is 30.5. The fraction of sp³-hybridized carbons (Fsp3) is 0.900. The Hall–Kier alpha value is -0.190. The standard InChI is InChI=1S/C10H21N3S/c1-8-6-13(5-4-10(11)14)7-9(2)12(8)3/h8-9H,4-7H2,1-3H3,(H2,11,14)/t8-,9+. The molecule has 0 unspecified atom stereocenters. The van der Waals surface area contributed by atoms with Crippen molar-refractivity contribution in [1.82, 2.24) is 9.80 Å². The summed E-state index contributed by atoms with van der Waals surface area (Å²) in [5.41, 5.74) is 5.50. The van der Waals surface area contributed by atoms with Crippen LogP contribution >= 0.6 is 12.2 Å². The fourth-order valence-electron chi connectivity index (χ4n) is 1.96. The molecule has 1 heterocycles. The van der Waals surface area contributed by atoms with E-state index in [4.69, 9.17) is 18.0 Å². The molecule has 0 bridgehead atoms. The van der Waals surface area contributed by atoms with E-state index in [1.807, 2.05) is 0 Å². The molecule has 1 fully saturated rings. The maximum Gasteiger partial charge on any atom is 0.0740 e. The first-order chi connectivity index (χ1) is 6.50. The topological polar surface area (TPSA) is 32.5 Å². The molecule has 1 aliphatic rings. The van der Waals surface area contributed by atoms with Crippen LogP contribution in [0.5, 0.6) is 0 Å². The lowest BCUT2D eigenvalue weighted by Crippen LogP contribution is -2.55. The number of nitrogens with two attached hydrogens (primary N) is 1. The van der Waals surface area contributed by atoms with Crippen molar-refractivity contribution < 1.29 is 0 Å². The fourth-order valence-corrected chi connectivity index (χ4v) is 2.06. The number of hydrogen-bond donors (Lipinski definition) is 1. The summed E-state index contributed by atoms with van der Waals surface area (Å²) in [7, 11) is 2.19. The summed E-state index contributed by atoms with van der Waals surface area (Å²) >= 11 is 4.89. The van der Waals surface area contributed by atoms with Gasteiger partial charge in [-0.25, -0.2) is 0 Å². The minimum Gasteiger partial charge on any atom is -0.393 e. The highest BCUT2D eigenvalue weighted by atomic mass is 32.1. The Morgan fingerprint density at radius 3 is 2.29 bits per heavy atom. The summed E-state index contributed by atoms with van der Waals surface area (Å²) in [4.78, 5) is 5.51. The van der Waals surface area contributed by atoms with Crippen LogP contribution in [0, 0.1) is 0 Å². The van der Waals surface area contributed by atoms with Gasteiger partial charge in [0.05, 0.1) is 4.99 Å². The van der Waals surface area contributed by atoms with Crippen molar-refractivity contribution in [2.75, 3.05) is 26.7 Å². The zero-order valence-corrected chi connectivity index (χ0v) is 10.2. The average molecular weight is 215 g/mol. The molecule has 4 heteroatoms. The lowest BCUT2D eigenvalue weighted by atomic mass is 10.1. The molecule has 0 aromatic heterocycles. The number of thiocarbonyl (C=S) groups is 1. The molecule has 0 radical (unpaired) electrons. The quantitative estimate of drug-likeness (QED) is 0.702. The summed E-state index contributed by atoms with van der Waals surface area (Å²) in [5.74, 6) is 0. The van der Waals surface area contributed by atoms with Gasteiger partial charge in [-0.1, -0.05) is 12.2 Å². The second-order valence-corrected chi connectivity index (χ2v) is 4.86. The Balaban J connectivity index is 2.38. The minimum absolute atomic E-state index is 0.629. The SMILES string of the molecule is C[C@@H]1CN(CCC(N)=S)C[C@H](C)N1C. The number of likely N-dealkylation sites (N-methyl/N-ethyl adjacent to an activating group) is 1. The van der Waals surface area contributed by atoms with Gasteiger partial charge in [0.25, 0.3) is 0 Å². The van der Waals surface area contributed by atoms with Crippen molar-refractivity contribution in [2.45, 2.75) is 32.4 Å². The molecule has 14 heavy (non-hydrogen) atoms. The van der Waals surface area contributed by atoms with E-state index in [1.165, 1.54) is 0 Å². The van der Waals surface area contributed by atoms with E-state index >= 15 is 0 Å². The highest BCUT2D eigenvalue weighted by Gasteiger charge is 2.25. The first kappa shape index (κ1) is 11.9. The van der Waals surface area contributed by atoms with Gasteiger partial charge in [0, 0.05) is 38.1 Å². The number of rotatable bonds is 3. The third-order valence-electron chi connectivity index (χ3n) is 3.11. The van der Waals surface area contributed by atoms with E-state index in [-0.39, 0.29) is 0 Å². The minimum atomic E-state index is 0.629. The second-order valence-electron chi connectivity index (χ2n) is 4.34. The summed E-state index contributed by atoms with van der Waals surface area (Å²) in [5, 5.41) is 0. The molecule has 3 nitrogen and oxygen atoms in total. The molecule has 2 atom stereocenters. The van der Waals surface area contributed by atoms with Gasteiger partial charge in [-0.05, 0) is 20.9 Å². The third kappa shape index (κ3) is 3.19. The average Bonchev–Trinajstić information content (AvgIpc) is 2.10. The largest absolute Gasteiger partial charge is 0.393 e. The van der Waals surface area contributed by atoms with Crippen molar-refractivity contribution in [1.29, 1.82) is 0 Å². The Kier molecular flexibility index (Phi) is 4.29. The maximum absolute atomic E-state index is 5.50. The van der Waals surface area contributed by atoms with Crippen LogP contribution in [0.15, 0.2) is 0 Å². The third-order valence-corrected chi connectivity index (χ3v) is 3.31.